The summed E-state index contributed by atoms with van der Waals surface area (Å²) in [5.74, 6) is 1.39. The summed E-state index contributed by atoms with van der Waals surface area (Å²) in [6, 6.07) is 19.7. The zero-order valence-electron chi connectivity index (χ0n) is 21.9. The number of ether oxygens (including phenoxy) is 3. The van der Waals surface area contributed by atoms with Gasteiger partial charge in [0, 0.05) is 40.0 Å². The lowest BCUT2D eigenvalue weighted by molar-refractivity contribution is -0.130. The molecule has 1 aliphatic heterocycles. The SMILES string of the molecule is COc1cc([C@H]2CC(c3c(C)nc4ccc(Br)cc4c3-c3ccccc3)=NN2C(C)=O)cc(OC)c1OC. The van der Waals surface area contributed by atoms with Crippen molar-refractivity contribution in [2.45, 2.75) is 26.3 Å². The Balaban J connectivity index is 1.70. The highest BCUT2D eigenvalue weighted by molar-refractivity contribution is 9.10. The monoisotopic (exact) mass is 573 g/mol. The summed E-state index contributed by atoms with van der Waals surface area (Å²) >= 11 is 3.63. The van der Waals surface area contributed by atoms with Gasteiger partial charge in [0.25, 0.3) is 0 Å². The minimum absolute atomic E-state index is 0.158. The summed E-state index contributed by atoms with van der Waals surface area (Å²) in [6.07, 6.45) is 0.500. The molecule has 0 fully saturated rings. The van der Waals surface area contributed by atoms with Gasteiger partial charge in [0.05, 0.1) is 38.6 Å². The topological polar surface area (TPSA) is 73.3 Å². The van der Waals surface area contributed by atoms with E-state index in [1.807, 2.05) is 49.4 Å². The zero-order chi connectivity index (χ0) is 27.0. The Morgan fingerprint density at radius 3 is 2.24 bits per heavy atom. The quantitative estimate of drug-likeness (QED) is 0.257. The van der Waals surface area contributed by atoms with Crippen LogP contribution in [0.25, 0.3) is 22.0 Å². The van der Waals surface area contributed by atoms with Gasteiger partial charge in [-0.05, 0) is 48.4 Å². The Labute approximate surface area is 230 Å². The number of methoxy groups -OCH3 is 3. The average molecular weight is 574 g/mol. The smallest absolute Gasteiger partial charge is 0.240 e. The van der Waals surface area contributed by atoms with Crippen LogP contribution in [0.1, 0.15) is 36.2 Å². The number of aryl methyl sites for hydroxylation is 1. The second-order valence-electron chi connectivity index (χ2n) is 9.06. The molecule has 2 heterocycles. The molecule has 3 aromatic carbocycles. The van der Waals surface area contributed by atoms with Crippen LogP contribution in [0, 0.1) is 6.92 Å². The van der Waals surface area contributed by atoms with Crippen molar-refractivity contribution in [3.63, 3.8) is 0 Å². The lowest BCUT2D eigenvalue weighted by Crippen LogP contribution is -2.24. The summed E-state index contributed by atoms with van der Waals surface area (Å²) in [5.41, 5.74) is 6.42. The van der Waals surface area contributed by atoms with Crippen molar-refractivity contribution in [1.82, 2.24) is 9.99 Å². The van der Waals surface area contributed by atoms with E-state index >= 15 is 0 Å². The van der Waals surface area contributed by atoms with Gasteiger partial charge in [-0.2, -0.15) is 5.10 Å². The average Bonchev–Trinajstić information content (AvgIpc) is 3.37. The van der Waals surface area contributed by atoms with Crippen molar-refractivity contribution in [1.29, 1.82) is 0 Å². The molecule has 0 unspecified atom stereocenters. The molecule has 1 aliphatic rings. The van der Waals surface area contributed by atoms with Crippen LogP contribution in [0.2, 0.25) is 0 Å². The number of benzene rings is 3. The lowest BCUT2D eigenvalue weighted by Gasteiger charge is -2.22. The molecular weight excluding hydrogens is 546 g/mol. The summed E-state index contributed by atoms with van der Waals surface area (Å²) < 4.78 is 17.6. The fraction of sp³-hybridized carbons (Fsp3) is 0.233. The van der Waals surface area contributed by atoms with Crippen LogP contribution >= 0.6 is 15.9 Å². The largest absolute Gasteiger partial charge is 0.493 e. The highest BCUT2D eigenvalue weighted by Crippen LogP contribution is 2.44. The Hall–Kier alpha value is -3.91. The number of halogens is 1. The molecule has 1 atom stereocenters. The molecular formula is C30H28BrN3O4. The van der Waals surface area contributed by atoms with Gasteiger partial charge >= 0.3 is 0 Å². The fourth-order valence-corrected chi connectivity index (χ4v) is 5.48. The van der Waals surface area contributed by atoms with Gasteiger partial charge in [-0.15, -0.1) is 0 Å². The Bertz CT molecular complexity index is 1540. The molecule has 8 heteroatoms. The van der Waals surface area contributed by atoms with Crippen molar-refractivity contribution in [3.05, 3.63) is 82.0 Å². The van der Waals surface area contributed by atoms with Crippen molar-refractivity contribution < 1.29 is 19.0 Å². The van der Waals surface area contributed by atoms with Crippen LogP contribution in [0.4, 0.5) is 0 Å². The third kappa shape index (κ3) is 4.49. The fourth-order valence-electron chi connectivity index (χ4n) is 5.12. The van der Waals surface area contributed by atoms with Crippen molar-refractivity contribution in [2.75, 3.05) is 21.3 Å². The first kappa shape index (κ1) is 25.7. The van der Waals surface area contributed by atoms with E-state index in [9.17, 15) is 4.79 Å². The number of pyridine rings is 1. The van der Waals surface area contributed by atoms with E-state index in [1.165, 1.54) is 11.9 Å². The van der Waals surface area contributed by atoms with Crippen LogP contribution in [0.15, 0.2) is 70.2 Å². The summed E-state index contributed by atoms with van der Waals surface area (Å²) in [4.78, 5) is 17.8. The van der Waals surface area contributed by atoms with Crippen LogP contribution in [-0.2, 0) is 4.79 Å². The maximum absolute atomic E-state index is 12.8. The molecule has 5 rings (SSSR count). The molecule has 1 amide bonds. The third-order valence-electron chi connectivity index (χ3n) is 6.78. The van der Waals surface area contributed by atoms with Gasteiger partial charge in [0.2, 0.25) is 11.7 Å². The van der Waals surface area contributed by atoms with E-state index in [0.717, 1.165) is 49.0 Å². The van der Waals surface area contributed by atoms with Gasteiger partial charge in [0.15, 0.2) is 11.5 Å². The normalized spacial score (nSPS) is 14.9. The number of hydrazone groups is 1. The van der Waals surface area contributed by atoms with Gasteiger partial charge in [-0.25, -0.2) is 5.01 Å². The van der Waals surface area contributed by atoms with E-state index in [2.05, 4.69) is 34.1 Å². The number of amides is 1. The predicted molar refractivity (Wildman–Crippen MR) is 152 cm³/mol. The molecule has 38 heavy (non-hydrogen) atoms. The van der Waals surface area contributed by atoms with E-state index in [-0.39, 0.29) is 11.9 Å². The standard InChI is InChI=1S/C30H28BrN3O4/c1-17-28(29(19-9-7-6-8-10-19)22-15-21(31)11-12-23(22)32-17)24-16-25(34(33-24)18(2)35)20-13-26(36-3)30(38-5)27(14-20)37-4/h6-15,25H,16H2,1-5H3/t25-/m1/s1. The van der Waals surface area contributed by atoms with Gasteiger partial charge in [-0.3, -0.25) is 9.78 Å². The van der Waals surface area contributed by atoms with Crippen molar-refractivity contribution >= 4 is 38.5 Å². The van der Waals surface area contributed by atoms with Gasteiger partial charge in [0.1, 0.15) is 0 Å². The first-order valence-electron chi connectivity index (χ1n) is 12.2. The molecule has 194 valence electrons. The molecule has 0 aliphatic carbocycles. The minimum Gasteiger partial charge on any atom is -0.493 e. The van der Waals surface area contributed by atoms with E-state index in [4.69, 9.17) is 24.3 Å². The summed E-state index contributed by atoms with van der Waals surface area (Å²) in [6.45, 7) is 3.52. The van der Waals surface area contributed by atoms with Crippen molar-refractivity contribution in [3.8, 4) is 28.4 Å². The Kier molecular flexibility index (Phi) is 7.08. The maximum atomic E-state index is 12.8. The molecule has 4 aromatic rings. The highest BCUT2D eigenvalue weighted by Gasteiger charge is 2.35. The van der Waals surface area contributed by atoms with Crippen LogP contribution in [0.5, 0.6) is 17.2 Å². The van der Waals surface area contributed by atoms with E-state index in [0.29, 0.717) is 23.7 Å². The summed E-state index contributed by atoms with van der Waals surface area (Å²) in [7, 11) is 4.72. The molecule has 0 radical (unpaired) electrons. The second kappa shape index (κ2) is 10.5. The number of aromatic nitrogens is 1. The number of nitrogens with zero attached hydrogens (tertiary/aromatic N) is 3. The molecule has 7 nitrogen and oxygen atoms in total. The number of carbonyl (C=O) groups excluding carboxylic acids is 1. The maximum Gasteiger partial charge on any atom is 0.240 e. The minimum atomic E-state index is -0.350. The van der Waals surface area contributed by atoms with Gasteiger partial charge < -0.3 is 14.2 Å². The molecule has 0 bridgehead atoms. The van der Waals surface area contributed by atoms with Crippen molar-refractivity contribution in [2.24, 2.45) is 5.10 Å². The third-order valence-corrected chi connectivity index (χ3v) is 7.28. The molecule has 0 spiro atoms. The predicted octanol–water partition coefficient (Wildman–Crippen LogP) is 6.70. The number of hydrogen-bond acceptors (Lipinski definition) is 6. The van der Waals surface area contributed by atoms with E-state index in [1.54, 1.807) is 21.3 Å². The van der Waals surface area contributed by atoms with Gasteiger partial charge in [-0.1, -0.05) is 46.3 Å². The van der Waals surface area contributed by atoms with E-state index < -0.39 is 0 Å². The lowest BCUT2D eigenvalue weighted by atomic mass is 9.89. The molecule has 1 aromatic heterocycles. The molecule has 0 saturated heterocycles. The molecule has 0 N–H and O–H groups in total. The Morgan fingerprint density at radius 2 is 1.63 bits per heavy atom. The number of fused-ring (bicyclic) bond motifs is 1. The summed E-state index contributed by atoms with van der Waals surface area (Å²) in [5, 5.41) is 7.43. The van der Waals surface area contributed by atoms with Crippen LogP contribution in [-0.4, -0.2) is 42.9 Å². The number of carbonyl (C=O) groups is 1. The van der Waals surface area contributed by atoms with Crippen LogP contribution in [0.3, 0.4) is 0 Å². The zero-order valence-corrected chi connectivity index (χ0v) is 23.5. The number of rotatable bonds is 6. The van der Waals surface area contributed by atoms with Crippen LogP contribution < -0.4 is 14.2 Å². The first-order chi connectivity index (χ1) is 18.4. The molecule has 0 saturated carbocycles. The second-order valence-corrected chi connectivity index (χ2v) is 9.98. The highest BCUT2D eigenvalue weighted by atomic mass is 79.9. The first-order valence-corrected chi connectivity index (χ1v) is 13.0. The number of hydrogen-bond donors (Lipinski definition) is 0. The Morgan fingerprint density at radius 1 is 0.947 bits per heavy atom.